The summed E-state index contributed by atoms with van der Waals surface area (Å²) in [6, 6.07) is 7.43. The maximum Gasteiger partial charge on any atom is 0.326 e. The summed E-state index contributed by atoms with van der Waals surface area (Å²) in [6.07, 6.45) is -1.23. The van der Waals surface area contributed by atoms with E-state index >= 15 is 0 Å². The van der Waals surface area contributed by atoms with E-state index in [-0.39, 0.29) is 48.8 Å². The number of nitrogens with zero attached hydrogens (tertiary/aromatic N) is 3. The van der Waals surface area contributed by atoms with Crippen molar-refractivity contribution in [3.05, 3.63) is 94.2 Å². The van der Waals surface area contributed by atoms with Gasteiger partial charge in [-0.05, 0) is 55.0 Å². The van der Waals surface area contributed by atoms with Crippen molar-refractivity contribution in [2.24, 2.45) is 17.4 Å². The fourth-order valence-electron chi connectivity index (χ4n) is 6.59. The van der Waals surface area contributed by atoms with Gasteiger partial charge in [0.05, 0.1) is 30.2 Å². The summed E-state index contributed by atoms with van der Waals surface area (Å²) < 4.78 is 0.719. The van der Waals surface area contributed by atoms with E-state index in [1.165, 1.54) is 36.5 Å². The van der Waals surface area contributed by atoms with Crippen LogP contribution in [0.4, 0.5) is 5.69 Å². The van der Waals surface area contributed by atoms with Gasteiger partial charge in [0.15, 0.2) is 5.03 Å². The molecule has 1 aromatic heterocycles. The zero-order valence-electron chi connectivity index (χ0n) is 39.4. The zero-order valence-corrected chi connectivity index (χ0v) is 41.1. The molecule has 390 valence electrons. The van der Waals surface area contributed by atoms with E-state index in [4.69, 9.17) is 11.5 Å². The van der Waals surface area contributed by atoms with Crippen LogP contribution in [0.15, 0.2) is 78.0 Å². The molecule has 0 saturated carbocycles. The number of carbonyl (C=O) groups excluding carboxylic acids is 8. The Labute approximate surface area is 423 Å². The summed E-state index contributed by atoms with van der Waals surface area (Å²) in [5.74, 6) is -9.77. The molecular weight excluding hydrogens is 983 g/mol. The van der Waals surface area contributed by atoms with Crippen molar-refractivity contribution in [3.63, 3.8) is 0 Å². The number of aromatic nitrogens is 1. The van der Waals surface area contributed by atoms with Gasteiger partial charge in [0, 0.05) is 49.2 Å². The number of thiol groups is 1. The number of amides is 8. The summed E-state index contributed by atoms with van der Waals surface area (Å²) in [5.41, 5.74) is 11.4. The molecule has 4 unspecified atom stereocenters. The minimum atomic E-state index is -1.84. The number of aliphatic carboxylic acids is 1. The van der Waals surface area contributed by atoms with Crippen molar-refractivity contribution >= 4 is 83.5 Å². The summed E-state index contributed by atoms with van der Waals surface area (Å²) in [4.78, 5) is 133. The highest BCUT2D eigenvalue weighted by Gasteiger charge is 2.38. The number of carboxylic acid groups (broad SMARTS) is 1. The van der Waals surface area contributed by atoms with Gasteiger partial charge in [-0.15, -0.1) is 0 Å². The molecule has 3 rings (SSSR count). The average Bonchev–Trinajstić information content (AvgIpc) is 3.33. The van der Waals surface area contributed by atoms with E-state index in [0.29, 0.717) is 23.1 Å². The second kappa shape index (κ2) is 29.1. The highest BCUT2D eigenvalue weighted by Crippen LogP contribution is 2.31. The lowest BCUT2D eigenvalue weighted by atomic mass is 10.00. The Bertz CT molecular complexity index is 2400. The number of benzene rings is 2. The molecule has 3 aromatic rings. The number of carboxylic acids is 1. The first-order valence-corrected chi connectivity index (χ1v) is 23.6. The number of aliphatic hydroxyl groups excluding tert-OH is 1. The quantitative estimate of drug-likeness (QED) is 0.0164. The lowest BCUT2D eigenvalue weighted by Crippen LogP contribution is -2.61. The number of phenolic OH excluding ortho intramolecular Hbond substituents is 1. The number of primary amides is 1. The highest BCUT2D eigenvalue weighted by molar-refractivity contribution is 7.97. The van der Waals surface area contributed by atoms with E-state index in [1.54, 1.807) is 44.2 Å². The maximum absolute atomic E-state index is 14.1. The molecule has 72 heavy (non-hydrogen) atoms. The Morgan fingerprint density at radius 1 is 0.778 bits per heavy atom. The van der Waals surface area contributed by atoms with E-state index in [1.807, 2.05) is 0 Å². The number of nitrogens with two attached hydrogens (primary N) is 2. The van der Waals surface area contributed by atoms with Gasteiger partial charge < -0.3 is 58.7 Å². The zero-order chi connectivity index (χ0) is 53.7. The topological polar surface area (TPSA) is 398 Å². The van der Waals surface area contributed by atoms with Crippen molar-refractivity contribution in [2.75, 3.05) is 18.8 Å². The van der Waals surface area contributed by atoms with Crippen LogP contribution in [0.25, 0.3) is 0 Å². The van der Waals surface area contributed by atoms with Crippen LogP contribution in [0.2, 0.25) is 0 Å². The molecule has 8 amide bonds. The average molecular weight is 1040 g/mol. The number of hydrogen-bond acceptors (Lipinski definition) is 17. The first kappa shape index (κ1) is 59.0. The second-order valence-electron chi connectivity index (χ2n) is 16.6. The Morgan fingerprint density at radius 2 is 1.39 bits per heavy atom. The van der Waals surface area contributed by atoms with Crippen molar-refractivity contribution in [3.8, 4) is 5.75 Å². The minimum absolute atomic E-state index is 0.0524. The third kappa shape index (κ3) is 19.4. The number of phenols is 1. The van der Waals surface area contributed by atoms with Gasteiger partial charge >= 0.3 is 11.7 Å². The number of pyridine rings is 1. The largest absolute Gasteiger partial charge is 0.508 e. The van der Waals surface area contributed by atoms with Crippen molar-refractivity contribution in [1.82, 2.24) is 41.2 Å². The fraction of sp³-hybridized carbons (Fsp3) is 0.422. The smallest absolute Gasteiger partial charge is 0.326 e. The predicted octanol–water partition coefficient (Wildman–Crippen LogP) is -1.41. The van der Waals surface area contributed by atoms with Crippen LogP contribution < -0.4 is 43.4 Å². The molecule has 0 fully saturated rings. The monoisotopic (exact) mass is 1040 g/mol. The van der Waals surface area contributed by atoms with Gasteiger partial charge in [-0.3, -0.25) is 52.8 Å². The molecule has 1 heterocycles. The summed E-state index contributed by atoms with van der Waals surface area (Å²) in [7, 11) is 0. The van der Waals surface area contributed by atoms with Gasteiger partial charge in [-0.25, -0.2) is 9.78 Å². The molecule has 0 saturated heterocycles. The van der Waals surface area contributed by atoms with Crippen LogP contribution in [0.3, 0.4) is 0 Å². The Balaban J connectivity index is 1.86. The summed E-state index contributed by atoms with van der Waals surface area (Å²) in [6.45, 7) is 3.03. The summed E-state index contributed by atoms with van der Waals surface area (Å²) >= 11 is 4.57. The lowest BCUT2D eigenvalue weighted by Gasteiger charge is -2.31. The van der Waals surface area contributed by atoms with E-state index in [2.05, 4.69) is 49.5 Å². The lowest BCUT2D eigenvalue weighted by molar-refractivity contribution is -0.388. The highest BCUT2D eigenvalue weighted by atomic mass is 32.2. The minimum Gasteiger partial charge on any atom is -0.508 e. The number of nitrogens with one attached hydrogen (secondary N) is 6. The van der Waals surface area contributed by atoms with Crippen LogP contribution >= 0.6 is 24.6 Å². The Hall–Kier alpha value is -7.36. The third-order valence-corrected chi connectivity index (χ3v) is 11.8. The molecule has 2 aromatic carbocycles. The number of aromatic hydroxyl groups is 1. The molecule has 0 radical (unpaired) electrons. The Kier molecular flexibility index (Phi) is 23.8. The number of nitro groups is 1. The SMILES string of the molecule is CC(C)CC(NC(=O)[C@@H](NC(=O)[C@@H](CS)N(Sc1ncccc1[N+](=O)[O-])C(=O)CNC(=O)C(N)CCC(N)=O)[C@@H](C)O)C(=O)NC(Cc1ccc(O)cc1)C(=O)NCC(=O)NC(Cc1ccccc1)C(=O)O. The number of hydrogen-bond donors (Lipinski definition) is 12. The van der Waals surface area contributed by atoms with Crippen LogP contribution in [-0.4, -0.2) is 144 Å². The number of aliphatic hydroxyl groups is 1. The number of rotatable bonds is 29. The van der Waals surface area contributed by atoms with Crippen LogP contribution in [0.5, 0.6) is 5.75 Å². The molecule has 0 aliphatic rings. The van der Waals surface area contributed by atoms with Crippen LogP contribution in [0, 0.1) is 16.0 Å². The van der Waals surface area contributed by atoms with Gasteiger partial charge in [0.2, 0.25) is 41.4 Å². The molecule has 7 atom stereocenters. The molecule has 0 bridgehead atoms. The molecule has 0 aliphatic heterocycles. The van der Waals surface area contributed by atoms with Crippen LogP contribution in [0.1, 0.15) is 51.2 Å². The van der Waals surface area contributed by atoms with Gasteiger partial charge in [0.25, 0.3) is 5.91 Å². The first-order chi connectivity index (χ1) is 34.0. The standard InChI is InChI=1S/C45H59N11O14S2/c1-24(2)18-30(41(64)52-31(19-27-11-13-28(58)14-12-27)40(63)49-21-36(60)51-32(45(67)68)20-26-8-5-4-6-9-26)53-43(66)38(25(3)57)54-42(65)34(23-71)55(72-44-33(56(69)70)10-7-17-48-44)37(61)22-50-39(62)29(46)15-16-35(47)59/h4-14,17,24-25,29-32,34,38,57-58,71H,15-16,18-23,46H2,1-3H3,(H2,47,59)(H,49,63)(H,50,62)(H,51,60)(H,52,64)(H,53,66)(H,54,65)(H,67,68)/t25-,29?,30?,31?,32?,34-,38+/m1/s1. The van der Waals surface area contributed by atoms with Crippen molar-refractivity contribution < 1.29 is 63.4 Å². The second-order valence-corrected chi connectivity index (χ2v) is 18.0. The molecule has 25 nitrogen and oxygen atoms in total. The summed E-state index contributed by atoms with van der Waals surface area (Å²) in [5, 5.41) is 56.4. The first-order valence-electron chi connectivity index (χ1n) is 22.2. The fourth-order valence-corrected chi connectivity index (χ4v) is 8.03. The predicted molar refractivity (Wildman–Crippen MR) is 262 cm³/mol. The molecule has 0 spiro atoms. The molecule has 13 N–H and O–H groups in total. The molecule has 0 aliphatic carbocycles. The van der Waals surface area contributed by atoms with Crippen LogP contribution in [-0.2, 0) is 56.0 Å². The van der Waals surface area contributed by atoms with Crippen molar-refractivity contribution in [1.29, 1.82) is 0 Å². The molecule has 27 heteroatoms. The maximum atomic E-state index is 14.1. The van der Waals surface area contributed by atoms with Gasteiger partial charge in [-0.2, -0.15) is 12.6 Å². The number of carbonyl (C=O) groups is 9. The Morgan fingerprint density at radius 3 is 1.97 bits per heavy atom. The van der Waals surface area contributed by atoms with Gasteiger partial charge in [-0.1, -0.05) is 56.3 Å². The van der Waals surface area contributed by atoms with E-state index < -0.39 is 125 Å². The normalized spacial score (nSPS) is 13.9. The van der Waals surface area contributed by atoms with E-state index in [0.717, 1.165) is 17.3 Å². The molecular formula is C45H59N11O14S2. The van der Waals surface area contributed by atoms with Crippen molar-refractivity contribution in [2.45, 2.75) is 100 Å². The van der Waals surface area contributed by atoms with E-state index in [9.17, 15) is 68.6 Å². The third-order valence-electron chi connectivity index (χ3n) is 10.3. The van der Waals surface area contributed by atoms with Gasteiger partial charge in [0.1, 0.15) is 36.0 Å².